The van der Waals surface area contributed by atoms with Crippen molar-refractivity contribution < 1.29 is 9.90 Å². The van der Waals surface area contributed by atoms with E-state index in [2.05, 4.69) is 11.4 Å². The van der Waals surface area contributed by atoms with Gasteiger partial charge in [-0.1, -0.05) is 36.0 Å². The zero-order valence-electron chi connectivity index (χ0n) is 19.7. The molecular formula is C27H23N5O2S2. The number of benzene rings is 3. The van der Waals surface area contributed by atoms with E-state index in [4.69, 9.17) is 4.99 Å². The number of anilines is 2. The van der Waals surface area contributed by atoms with Crippen LogP contribution in [0.25, 0.3) is 0 Å². The predicted molar refractivity (Wildman–Crippen MR) is 146 cm³/mol. The summed E-state index contributed by atoms with van der Waals surface area (Å²) >= 11 is 2.90. The molecule has 9 heteroatoms. The number of hydrogen-bond donors (Lipinski definition) is 2. The van der Waals surface area contributed by atoms with Crippen LogP contribution in [0, 0.1) is 11.3 Å². The Morgan fingerprint density at radius 1 is 1.08 bits per heavy atom. The van der Waals surface area contributed by atoms with Crippen molar-refractivity contribution in [3.05, 3.63) is 87.8 Å². The fraction of sp³-hybridized carbons (Fsp3) is 0.148. The van der Waals surface area contributed by atoms with Gasteiger partial charge in [-0.15, -0.1) is 0 Å². The van der Waals surface area contributed by atoms with Crippen molar-refractivity contribution in [2.75, 3.05) is 23.8 Å². The molecule has 7 nitrogen and oxygen atoms in total. The smallest absolute Gasteiger partial charge is 0.269 e. The van der Waals surface area contributed by atoms with Gasteiger partial charge in [-0.25, -0.2) is 4.99 Å². The number of rotatable bonds is 5. The van der Waals surface area contributed by atoms with Gasteiger partial charge in [0.1, 0.15) is 10.7 Å². The second-order valence-corrected chi connectivity index (χ2v) is 10.2. The van der Waals surface area contributed by atoms with Crippen molar-refractivity contribution in [1.82, 2.24) is 4.90 Å². The normalized spacial score (nSPS) is 18.0. The summed E-state index contributed by atoms with van der Waals surface area (Å²) < 4.78 is 0. The Balaban J connectivity index is 1.60. The molecule has 0 bridgehead atoms. The maximum Gasteiger partial charge on any atom is 0.269 e. The summed E-state index contributed by atoms with van der Waals surface area (Å²) in [6.07, 6.45) is 0. The first kappa shape index (κ1) is 23.9. The number of nitrogens with one attached hydrogen (secondary N) is 1. The summed E-state index contributed by atoms with van der Waals surface area (Å²) in [5, 5.41) is 24.1. The quantitative estimate of drug-likeness (QED) is 0.412. The summed E-state index contributed by atoms with van der Waals surface area (Å²) in [7, 11) is 1.96. The van der Waals surface area contributed by atoms with Crippen LogP contribution >= 0.6 is 23.5 Å². The Labute approximate surface area is 218 Å². The van der Waals surface area contributed by atoms with E-state index in [0.717, 1.165) is 26.9 Å². The van der Waals surface area contributed by atoms with Crippen molar-refractivity contribution in [3.63, 3.8) is 0 Å². The number of hydrogen-bond acceptors (Lipinski definition) is 8. The molecule has 3 aromatic carbocycles. The van der Waals surface area contributed by atoms with Crippen LogP contribution in [0.1, 0.15) is 18.1 Å². The van der Waals surface area contributed by atoms with Crippen LogP contribution in [0.15, 0.2) is 86.6 Å². The van der Waals surface area contributed by atoms with Gasteiger partial charge >= 0.3 is 0 Å². The topological polar surface area (TPSA) is 92.0 Å². The van der Waals surface area contributed by atoms with Crippen LogP contribution in [-0.4, -0.2) is 34.7 Å². The molecule has 2 heterocycles. The standard InChI is InChI=1S/C27H23N5O2S2/c1-3-29-20-12-11-17(15-28)14-21(20)30-27-32(16-18-7-6-8-19(33)13-18)25(34)24(36-27)26-31(2)22-9-4-5-10-23(22)35-26/h4-14,29,33H,3,16H2,1-2H3/b26-24-,30-27-. The van der Waals surface area contributed by atoms with Gasteiger partial charge in [0, 0.05) is 18.5 Å². The molecule has 1 amide bonds. The lowest BCUT2D eigenvalue weighted by molar-refractivity contribution is -0.122. The summed E-state index contributed by atoms with van der Waals surface area (Å²) in [4.78, 5) is 24.0. The number of para-hydroxylation sites is 1. The van der Waals surface area contributed by atoms with E-state index in [1.807, 2.05) is 55.3 Å². The van der Waals surface area contributed by atoms with Gasteiger partial charge in [0.15, 0.2) is 5.17 Å². The van der Waals surface area contributed by atoms with E-state index in [1.165, 1.54) is 11.8 Å². The highest BCUT2D eigenvalue weighted by Gasteiger charge is 2.39. The van der Waals surface area contributed by atoms with E-state index < -0.39 is 0 Å². The maximum absolute atomic E-state index is 13.8. The molecular weight excluding hydrogens is 490 g/mol. The molecule has 2 aliphatic rings. The van der Waals surface area contributed by atoms with E-state index in [1.54, 1.807) is 47.0 Å². The highest BCUT2D eigenvalue weighted by Crippen LogP contribution is 2.50. The monoisotopic (exact) mass is 513 g/mol. The Hall–Kier alpha value is -3.87. The molecule has 0 atom stereocenters. The molecule has 3 aromatic rings. The summed E-state index contributed by atoms with van der Waals surface area (Å²) in [6.45, 7) is 2.94. The lowest BCUT2D eigenvalue weighted by atomic mass is 10.2. The number of phenols is 1. The minimum absolute atomic E-state index is 0.140. The van der Waals surface area contributed by atoms with Crippen LogP contribution in [0.2, 0.25) is 0 Å². The molecule has 0 radical (unpaired) electrons. The maximum atomic E-state index is 13.8. The van der Waals surface area contributed by atoms with Crippen LogP contribution in [0.3, 0.4) is 0 Å². The average Bonchev–Trinajstić information content (AvgIpc) is 3.37. The summed E-state index contributed by atoms with van der Waals surface area (Å²) in [5.74, 6) is -0.00719. The van der Waals surface area contributed by atoms with Gasteiger partial charge in [-0.2, -0.15) is 5.26 Å². The van der Waals surface area contributed by atoms with Crippen LogP contribution < -0.4 is 10.2 Å². The van der Waals surface area contributed by atoms with Crippen LogP contribution in [0.4, 0.5) is 17.1 Å². The van der Waals surface area contributed by atoms with Gasteiger partial charge in [0.05, 0.1) is 40.3 Å². The SMILES string of the molecule is CCNc1ccc(C#N)cc1/N=C1\S/C(=C2\Sc3ccccc3N2C)C(=O)N1Cc1cccc(O)c1. The van der Waals surface area contributed by atoms with Crippen molar-refractivity contribution in [1.29, 1.82) is 5.26 Å². The highest BCUT2D eigenvalue weighted by molar-refractivity contribution is 8.19. The first-order valence-corrected chi connectivity index (χ1v) is 13.0. The number of amides is 1. The van der Waals surface area contributed by atoms with E-state index in [9.17, 15) is 15.2 Å². The third-order valence-electron chi connectivity index (χ3n) is 5.76. The average molecular weight is 514 g/mol. The minimum atomic E-state index is -0.148. The van der Waals surface area contributed by atoms with Crippen molar-refractivity contribution >= 4 is 51.7 Å². The van der Waals surface area contributed by atoms with Crippen molar-refractivity contribution in [2.45, 2.75) is 18.4 Å². The fourth-order valence-corrected chi connectivity index (χ4v) is 6.37. The summed E-state index contributed by atoms with van der Waals surface area (Å²) in [5.41, 5.74) is 3.71. The van der Waals surface area contributed by atoms with Crippen molar-refractivity contribution in [2.24, 2.45) is 4.99 Å². The van der Waals surface area contributed by atoms with Crippen LogP contribution in [0.5, 0.6) is 5.75 Å². The molecule has 0 aromatic heterocycles. The van der Waals surface area contributed by atoms with Gasteiger partial charge < -0.3 is 15.3 Å². The zero-order valence-corrected chi connectivity index (χ0v) is 21.4. The lowest BCUT2D eigenvalue weighted by Crippen LogP contribution is -2.29. The number of nitrogens with zero attached hydrogens (tertiary/aromatic N) is 4. The number of fused-ring (bicyclic) bond motifs is 1. The molecule has 2 aliphatic heterocycles. The third-order valence-corrected chi connectivity index (χ3v) is 8.19. The van der Waals surface area contributed by atoms with Gasteiger partial charge in [0.2, 0.25) is 0 Å². The molecule has 180 valence electrons. The number of nitriles is 1. The second-order valence-electron chi connectivity index (χ2n) is 8.19. The van der Waals surface area contributed by atoms with E-state index >= 15 is 0 Å². The van der Waals surface area contributed by atoms with E-state index in [-0.39, 0.29) is 18.2 Å². The van der Waals surface area contributed by atoms with Gasteiger partial charge in [0.25, 0.3) is 5.91 Å². The number of carbonyl (C=O) groups excluding carboxylic acids is 1. The number of phenolic OH excluding ortho intramolecular Hbond substituents is 1. The Kier molecular flexibility index (Phi) is 6.63. The predicted octanol–water partition coefficient (Wildman–Crippen LogP) is 5.87. The number of amidine groups is 1. The molecule has 1 fully saturated rings. The Morgan fingerprint density at radius 3 is 2.67 bits per heavy atom. The highest BCUT2D eigenvalue weighted by atomic mass is 32.2. The molecule has 2 N–H and O–H groups in total. The molecule has 0 spiro atoms. The largest absolute Gasteiger partial charge is 0.508 e. The molecule has 5 rings (SSSR count). The Morgan fingerprint density at radius 2 is 1.92 bits per heavy atom. The van der Waals surface area contributed by atoms with Gasteiger partial charge in [-0.05, 0) is 66.7 Å². The van der Waals surface area contributed by atoms with Crippen molar-refractivity contribution in [3.8, 4) is 11.8 Å². The van der Waals surface area contributed by atoms with E-state index in [0.29, 0.717) is 27.9 Å². The molecule has 0 unspecified atom stereocenters. The lowest BCUT2D eigenvalue weighted by Gasteiger charge is -2.17. The zero-order chi connectivity index (χ0) is 25.2. The molecule has 36 heavy (non-hydrogen) atoms. The van der Waals surface area contributed by atoms with Crippen LogP contribution in [-0.2, 0) is 11.3 Å². The third kappa shape index (κ3) is 4.53. The Bertz CT molecular complexity index is 1460. The summed E-state index contributed by atoms with van der Waals surface area (Å²) in [6, 6.07) is 22.4. The molecule has 0 saturated carbocycles. The van der Waals surface area contributed by atoms with Gasteiger partial charge in [-0.3, -0.25) is 9.69 Å². The fourth-order valence-electron chi connectivity index (χ4n) is 4.03. The first-order chi connectivity index (χ1) is 17.5. The number of aromatic hydroxyl groups is 1. The first-order valence-electron chi connectivity index (χ1n) is 11.4. The minimum Gasteiger partial charge on any atom is -0.508 e. The number of aliphatic imine (C=N–C) groups is 1. The molecule has 0 aliphatic carbocycles. The number of thioether (sulfide) groups is 2. The number of carbonyl (C=O) groups is 1. The second kappa shape index (κ2) is 10.0. The molecule has 1 saturated heterocycles.